The molecule has 4 heteroatoms. The van der Waals surface area contributed by atoms with Crippen LogP contribution in [0.3, 0.4) is 0 Å². The third kappa shape index (κ3) is 3.43. The summed E-state index contributed by atoms with van der Waals surface area (Å²) in [7, 11) is 0. The van der Waals surface area contributed by atoms with Crippen molar-refractivity contribution in [1.29, 1.82) is 0 Å². The van der Waals surface area contributed by atoms with Crippen molar-refractivity contribution in [3.05, 3.63) is 94.8 Å². The Morgan fingerprint density at radius 3 is 2.48 bits per heavy atom. The van der Waals surface area contributed by atoms with Crippen molar-refractivity contribution in [2.75, 3.05) is 0 Å². The van der Waals surface area contributed by atoms with E-state index >= 15 is 0 Å². The standard InChI is InChI=1S/C23H22N2O2/c1-16-7-9-17(10-8-16)15-24-23(27)19-13-14-25-20(19)11-12-21(25)22(26)18-5-3-2-4-6-18/h2-12,19H,13-15H2,1H3,(H,24,27). The van der Waals surface area contributed by atoms with Crippen LogP contribution >= 0.6 is 0 Å². The van der Waals surface area contributed by atoms with E-state index in [0.717, 1.165) is 17.7 Å². The number of fused-ring (bicyclic) bond motifs is 1. The second-order valence-corrected chi connectivity index (χ2v) is 7.03. The highest BCUT2D eigenvalue weighted by Crippen LogP contribution is 2.31. The fourth-order valence-electron chi connectivity index (χ4n) is 3.66. The molecule has 2 heterocycles. The fraction of sp³-hybridized carbons (Fsp3) is 0.217. The van der Waals surface area contributed by atoms with Gasteiger partial charge in [-0.1, -0.05) is 60.2 Å². The van der Waals surface area contributed by atoms with Crippen molar-refractivity contribution in [2.45, 2.75) is 32.4 Å². The molecule has 0 spiro atoms. The molecule has 4 rings (SSSR count). The molecule has 0 radical (unpaired) electrons. The number of nitrogens with one attached hydrogen (secondary N) is 1. The number of aromatic nitrogens is 1. The molecule has 0 saturated carbocycles. The lowest BCUT2D eigenvalue weighted by molar-refractivity contribution is -0.122. The van der Waals surface area contributed by atoms with Gasteiger partial charge in [0.05, 0.1) is 11.6 Å². The minimum Gasteiger partial charge on any atom is -0.351 e. The van der Waals surface area contributed by atoms with Crippen LogP contribution in [-0.4, -0.2) is 16.3 Å². The van der Waals surface area contributed by atoms with Crippen LogP contribution in [-0.2, 0) is 17.9 Å². The topological polar surface area (TPSA) is 51.1 Å². The third-order valence-electron chi connectivity index (χ3n) is 5.19. The Morgan fingerprint density at radius 1 is 1.00 bits per heavy atom. The molecule has 0 aliphatic carbocycles. The summed E-state index contributed by atoms with van der Waals surface area (Å²) in [6.07, 6.45) is 0.727. The summed E-state index contributed by atoms with van der Waals surface area (Å²) in [5.74, 6) is -0.179. The van der Waals surface area contributed by atoms with Gasteiger partial charge in [-0.05, 0) is 31.0 Å². The fourth-order valence-corrected chi connectivity index (χ4v) is 3.66. The maximum absolute atomic E-state index is 12.8. The molecule has 136 valence electrons. The Labute approximate surface area is 158 Å². The zero-order valence-electron chi connectivity index (χ0n) is 15.3. The minimum atomic E-state index is -0.201. The van der Waals surface area contributed by atoms with Gasteiger partial charge in [0.1, 0.15) is 0 Å². The lowest BCUT2D eigenvalue weighted by Crippen LogP contribution is -2.27. The van der Waals surface area contributed by atoms with Gasteiger partial charge in [0.15, 0.2) is 0 Å². The van der Waals surface area contributed by atoms with Gasteiger partial charge in [0, 0.05) is 24.3 Å². The van der Waals surface area contributed by atoms with Gasteiger partial charge in [0.25, 0.3) is 0 Å². The van der Waals surface area contributed by atoms with Crippen molar-refractivity contribution < 1.29 is 9.59 Å². The van der Waals surface area contributed by atoms with E-state index in [1.54, 1.807) is 0 Å². The normalized spacial score (nSPS) is 15.4. The van der Waals surface area contributed by atoms with Gasteiger partial charge in [-0.15, -0.1) is 0 Å². The van der Waals surface area contributed by atoms with E-state index in [-0.39, 0.29) is 17.6 Å². The predicted molar refractivity (Wildman–Crippen MR) is 105 cm³/mol. The van der Waals surface area contributed by atoms with Crippen LogP contribution in [0.4, 0.5) is 0 Å². The van der Waals surface area contributed by atoms with Gasteiger partial charge in [-0.25, -0.2) is 0 Å². The third-order valence-corrected chi connectivity index (χ3v) is 5.19. The Kier molecular flexibility index (Phi) is 4.63. The Balaban J connectivity index is 1.47. The molecular weight excluding hydrogens is 336 g/mol. The van der Waals surface area contributed by atoms with Crippen LogP contribution in [0, 0.1) is 6.92 Å². The Bertz CT molecular complexity index is 971. The number of carbonyl (C=O) groups is 2. The molecule has 1 aromatic heterocycles. The highest BCUT2D eigenvalue weighted by molar-refractivity contribution is 6.08. The second kappa shape index (κ2) is 7.23. The molecule has 1 amide bonds. The molecule has 1 unspecified atom stereocenters. The van der Waals surface area contributed by atoms with E-state index in [1.807, 2.05) is 78.2 Å². The van der Waals surface area contributed by atoms with Gasteiger partial charge in [-0.2, -0.15) is 0 Å². The van der Waals surface area contributed by atoms with Crippen molar-refractivity contribution in [3.63, 3.8) is 0 Å². The number of carbonyl (C=O) groups excluding carboxylic acids is 2. The van der Waals surface area contributed by atoms with Crippen molar-refractivity contribution in [3.8, 4) is 0 Å². The first-order chi connectivity index (χ1) is 13.1. The van der Waals surface area contributed by atoms with Gasteiger partial charge in [-0.3, -0.25) is 9.59 Å². The number of rotatable bonds is 5. The molecule has 0 fully saturated rings. The number of hydrogen-bond donors (Lipinski definition) is 1. The Hall–Kier alpha value is -3.14. The molecule has 0 saturated heterocycles. The SMILES string of the molecule is Cc1ccc(CNC(=O)C2CCn3c(C(=O)c4ccccc4)ccc32)cc1. The van der Waals surface area contributed by atoms with Crippen molar-refractivity contribution in [1.82, 2.24) is 9.88 Å². The molecule has 3 aromatic rings. The first kappa shape index (κ1) is 17.3. The maximum Gasteiger partial charge on any atom is 0.229 e. The summed E-state index contributed by atoms with van der Waals surface area (Å²) < 4.78 is 1.99. The number of ketones is 1. The van der Waals surface area contributed by atoms with Crippen LogP contribution in [0.2, 0.25) is 0 Å². The summed E-state index contributed by atoms with van der Waals surface area (Å²) in [6.45, 7) is 3.26. The molecule has 4 nitrogen and oxygen atoms in total. The molecule has 2 aromatic carbocycles. The summed E-state index contributed by atoms with van der Waals surface area (Å²) in [5.41, 5.74) is 4.54. The second-order valence-electron chi connectivity index (χ2n) is 7.03. The quantitative estimate of drug-likeness (QED) is 0.705. The summed E-state index contributed by atoms with van der Waals surface area (Å²) in [5, 5.41) is 3.03. The average Bonchev–Trinajstić information content (AvgIpc) is 3.29. The number of aryl methyl sites for hydroxylation is 1. The smallest absolute Gasteiger partial charge is 0.229 e. The van der Waals surface area contributed by atoms with E-state index < -0.39 is 0 Å². The molecule has 27 heavy (non-hydrogen) atoms. The number of amides is 1. The van der Waals surface area contributed by atoms with Crippen LogP contribution in [0.25, 0.3) is 0 Å². The summed E-state index contributed by atoms with van der Waals surface area (Å²) in [4.78, 5) is 25.4. The van der Waals surface area contributed by atoms with Crippen LogP contribution < -0.4 is 5.32 Å². The zero-order chi connectivity index (χ0) is 18.8. The van der Waals surface area contributed by atoms with E-state index in [1.165, 1.54) is 5.56 Å². The van der Waals surface area contributed by atoms with Gasteiger partial charge < -0.3 is 9.88 Å². The minimum absolute atomic E-state index is 0.00237. The van der Waals surface area contributed by atoms with E-state index in [2.05, 4.69) is 5.32 Å². The van der Waals surface area contributed by atoms with Gasteiger partial charge in [0.2, 0.25) is 11.7 Å². The molecule has 1 N–H and O–H groups in total. The van der Waals surface area contributed by atoms with Crippen LogP contribution in [0.1, 0.15) is 45.2 Å². The molecule has 1 aliphatic rings. The van der Waals surface area contributed by atoms with Crippen LogP contribution in [0.5, 0.6) is 0 Å². The first-order valence-corrected chi connectivity index (χ1v) is 9.26. The van der Waals surface area contributed by atoms with Gasteiger partial charge >= 0.3 is 0 Å². The highest BCUT2D eigenvalue weighted by atomic mass is 16.2. The average molecular weight is 358 g/mol. The molecule has 1 atom stereocenters. The lowest BCUT2D eigenvalue weighted by atomic mass is 10.0. The number of nitrogens with zero attached hydrogens (tertiary/aromatic N) is 1. The van der Waals surface area contributed by atoms with Crippen LogP contribution in [0.15, 0.2) is 66.7 Å². The lowest BCUT2D eigenvalue weighted by Gasteiger charge is -2.11. The Morgan fingerprint density at radius 2 is 1.74 bits per heavy atom. The summed E-state index contributed by atoms with van der Waals surface area (Å²) >= 11 is 0. The molecule has 0 bridgehead atoms. The first-order valence-electron chi connectivity index (χ1n) is 9.26. The molecular formula is C23H22N2O2. The highest BCUT2D eigenvalue weighted by Gasteiger charge is 2.31. The monoisotopic (exact) mass is 358 g/mol. The van der Waals surface area contributed by atoms with Crippen molar-refractivity contribution in [2.24, 2.45) is 0 Å². The maximum atomic E-state index is 12.8. The number of hydrogen-bond acceptors (Lipinski definition) is 2. The molecule has 1 aliphatic heterocycles. The largest absolute Gasteiger partial charge is 0.351 e. The zero-order valence-corrected chi connectivity index (χ0v) is 15.3. The van der Waals surface area contributed by atoms with E-state index in [4.69, 9.17) is 0 Å². The van der Waals surface area contributed by atoms with E-state index in [0.29, 0.717) is 24.3 Å². The van der Waals surface area contributed by atoms with Crippen molar-refractivity contribution >= 4 is 11.7 Å². The summed E-state index contributed by atoms with van der Waals surface area (Å²) in [6, 6.07) is 21.2. The van der Waals surface area contributed by atoms with E-state index in [9.17, 15) is 9.59 Å². The predicted octanol–water partition coefficient (Wildman–Crippen LogP) is 3.83. The number of benzene rings is 2.